The predicted molar refractivity (Wildman–Crippen MR) is 105 cm³/mol. The molecule has 1 aromatic rings. The van der Waals surface area contributed by atoms with Crippen molar-refractivity contribution in [2.45, 2.75) is 47.5 Å². The first-order valence-electron chi connectivity index (χ1n) is 10.3. The zero-order chi connectivity index (χ0) is 19.6. The number of hydrogen-bond acceptors (Lipinski definition) is 5. The molecule has 1 fully saturated rings. The fourth-order valence-electron chi connectivity index (χ4n) is 4.66. The van der Waals surface area contributed by atoms with Crippen LogP contribution in [0.15, 0.2) is 16.1 Å². The molecule has 1 saturated heterocycles. The topological polar surface area (TPSA) is 62.5 Å². The predicted octanol–water partition coefficient (Wildman–Crippen LogP) is 2.94. The van der Waals surface area contributed by atoms with Crippen molar-refractivity contribution in [1.29, 1.82) is 0 Å². The van der Waals surface area contributed by atoms with Crippen LogP contribution in [-0.2, 0) is 11.2 Å². The SMILES string of the molecule is CC(=O)N1CCN(C[C@@H]2C=C(C)[C@H](Cc3nnc(C)o3)C[C@H]2C(C)C)CC1. The molecule has 6 heteroatoms. The molecule has 0 aromatic carbocycles. The summed E-state index contributed by atoms with van der Waals surface area (Å²) in [5, 5.41) is 8.17. The van der Waals surface area contributed by atoms with Gasteiger partial charge in [0.25, 0.3) is 0 Å². The molecule has 3 rings (SSSR count). The molecule has 3 atom stereocenters. The first-order chi connectivity index (χ1) is 12.8. The average molecular weight is 375 g/mol. The van der Waals surface area contributed by atoms with Gasteiger partial charge in [-0.15, -0.1) is 10.2 Å². The molecule has 0 unspecified atom stereocenters. The van der Waals surface area contributed by atoms with Crippen molar-refractivity contribution in [1.82, 2.24) is 20.0 Å². The van der Waals surface area contributed by atoms with Crippen LogP contribution in [0.3, 0.4) is 0 Å². The molecule has 27 heavy (non-hydrogen) atoms. The maximum absolute atomic E-state index is 11.5. The lowest BCUT2D eigenvalue weighted by molar-refractivity contribution is -0.130. The van der Waals surface area contributed by atoms with Gasteiger partial charge in [-0.3, -0.25) is 9.69 Å². The third kappa shape index (κ3) is 4.98. The molecule has 0 spiro atoms. The molecule has 1 amide bonds. The first kappa shape index (κ1) is 20.1. The fourth-order valence-corrected chi connectivity index (χ4v) is 4.66. The molecule has 2 aliphatic rings. The molecule has 2 heterocycles. The van der Waals surface area contributed by atoms with Crippen molar-refractivity contribution in [3.05, 3.63) is 23.4 Å². The Bertz CT molecular complexity index is 673. The summed E-state index contributed by atoms with van der Waals surface area (Å²) in [6.07, 6.45) is 4.52. The standard InChI is InChI=1S/C21H34N4O2/c1-14(2)20-11-18(12-21-23-22-16(4)27-21)15(3)10-19(20)13-24-6-8-25(9-7-24)17(5)26/h10,14,18-20H,6-9,11-13H2,1-5H3/t18-,19-,20-/m0/s1. The van der Waals surface area contributed by atoms with Gasteiger partial charge in [0.2, 0.25) is 17.7 Å². The molecular formula is C21H34N4O2. The van der Waals surface area contributed by atoms with Crippen LogP contribution in [0.25, 0.3) is 0 Å². The van der Waals surface area contributed by atoms with Crippen LogP contribution < -0.4 is 0 Å². The monoisotopic (exact) mass is 374 g/mol. The Labute approximate surface area is 163 Å². The number of allylic oxidation sites excluding steroid dienone is 1. The minimum Gasteiger partial charge on any atom is -0.426 e. The highest BCUT2D eigenvalue weighted by Crippen LogP contribution is 2.39. The zero-order valence-electron chi connectivity index (χ0n) is 17.4. The van der Waals surface area contributed by atoms with Crippen molar-refractivity contribution in [3.63, 3.8) is 0 Å². The van der Waals surface area contributed by atoms with Gasteiger partial charge in [0.1, 0.15) is 0 Å². The lowest BCUT2D eigenvalue weighted by atomic mass is 9.69. The molecule has 0 radical (unpaired) electrons. The first-order valence-corrected chi connectivity index (χ1v) is 10.3. The van der Waals surface area contributed by atoms with Gasteiger partial charge < -0.3 is 9.32 Å². The molecule has 0 bridgehead atoms. The summed E-state index contributed by atoms with van der Waals surface area (Å²) < 4.78 is 5.62. The van der Waals surface area contributed by atoms with E-state index in [2.05, 4.69) is 41.9 Å². The number of aromatic nitrogens is 2. The van der Waals surface area contributed by atoms with Crippen molar-refractivity contribution in [3.8, 4) is 0 Å². The Morgan fingerprint density at radius 3 is 2.48 bits per heavy atom. The third-order valence-corrected chi connectivity index (χ3v) is 6.36. The van der Waals surface area contributed by atoms with E-state index in [1.165, 1.54) is 12.0 Å². The Morgan fingerprint density at radius 2 is 1.93 bits per heavy atom. The fraction of sp³-hybridized carbons (Fsp3) is 0.762. The van der Waals surface area contributed by atoms with E-state index in [1.807, 2.05) is 11.8 Å². The van der Waals surface area contributed by atoms with E-state index in [4.69, 9.17) is 4.42 Å². The van der Waals surface area contributed by atoms with Gasteiger partial charge in [0, 0.05) is 53.0 Å². The molecule has 1 aliphatic carbocycles. The van der Waals surface area contributed by atoms with Crippen molar-refractivity contribution in [2.24, 2.45) is 23.7 Å². The van der Waals surface area contributed by atoms with Gasteiger partial charge in [-0.1, -0.05) is 25.5 Å². The second-order valence-corrected chi connectivity index (χ2v) is 8.64. The molecule has 0 saturated carbocycles. The highest BCUT2D eigenvalue weighted by molar-refractivity contribution is 5.73. The Hall–Kier alpha value is -1.69. The zero-order valence-corrected chi connectivity index (χ0v) is 17.4. The summed E-state index contributed by atoms with van der Waals surface area (Å²) in [5.74, 6) is 3.97. The van der Waals surface area contributed by atoms with Crippen molar-refractivity contribution >= 4 is 5.91 Å². The quantitative estimate of drug-likeness (QED) is 0.742. The molecular weight excluding hydrogens is 340 g/mol. The van der Waals surface area contributed by atoms with Crippen molar-refractivity contribution in [2.75, 3.05) is 32.7 Å². The van der Waals surface area contributed by atoms with Crippen LogP contribution in [0.4, 0.5) is 0 Å². The van der Waals surface area contributed by atoms with Gasteiger partial charge >= 0.3 is 0 Å². The lowest BCUT2D eigenvalue weighted by Crippen LogP contribution is -2.50. The second-order valence-electron chi connectivity index (χ2n) is 8.64. The summed E-state index contributed by atoms with van der Waals surface area (Å²) in [6, 6.07) is 0. The summed E-state index contributed by atoms with van der Waals surface area (Å²) >= 11 is 0. The number of aryl methyl sites for hydroxylation is 1. The van der Waals surface area contributed by atoms with E-state index in [1.54, 1.807) is 6.92 Å². The second kappa shape index (κ2) is 8.55. The van der Waals surface area contributed by atoms with E-state index in [9.17, 15) is 4.79 Å². The Morgan fingerprint density at radius 1 is 1.22 bits per heavy atom. The number of rotatable bonds is 5. The van der Waals surface area contributed by atoms with Crippen LogP contribution in [0.1, 0.15) is 45.9 Å². The summed E-state index contributed by atoms with van der Waals surface area (Å²) in [7, 11) is 0. The van der Waals surface area contributed by atoms with Crippen LogP contribution in [-0.4, -0.2) is 58.6 Å². The number of piperazine rings is 1. The normalized spacial score (nSPS) is 27.1. The Balaban J connectivity index is 1.65. The van der Waals surface area contributed by atoms with E-state index >= 15 is 0 Å². The molecule has 1 aromatic heterocycles. The highest BCUT2D eigenvalue weighted by atomic mass is 16.4. The number of hydrogen-bond donors (Lipinski definition) is 0. The Kier molecular flexibility index (Phi) is 6.35. The summed E-state index contributed by atoms with van der Waals surface area (Å²) in [5.41, 5.74) is 1.45. The maximum Gasteiger partial charge on any atom is 0.219 e. The smallest absolute Gasteiger partial charge is 0.219 e. The van der Waals surface area contributed by atoms with Gasteiger partial charge in [0.05, 0.1) is 0 Å². The van der Waals surface area contributed by atoms with Crippen molar-refractivity contribution < 1.29 is 9.21 Å². The van der Waals surface area contributed by atoms with E-state index < -0.39 is 0 Å². The minimum atomic E-state index is 0.196. The van der Waals surface area contributed by atoms with Gasteiger partial charge in [-0.2, -0.15) is 0 Å². The molecule has 0 N–H and O–H groups in total. The van der Waals surface area contributed by atoms with Crippen LogP contribution >= 0.6 is 0 Å². The number of nitrogens with zero attached hydrogens (tertiary/aromatic N) is 4. The third-order valence-electron chi connectivity index (χ3n) is 6.36. The van der Waals surface area contributed by atoms with E-state index in [0.717, 1.165) is 45.0 Å². The lowest BCUT2D eigenvalue weighted by Gasteiger charge is -2.41. The molecule has 1 aliphatic heterocycles. The largest absolute Gasteiger partial charge is 0.426 e. The van der Waals surface area contributed by atoms with E-state index in [0.29, 0.717) is 29.6 Å². The van der Waals surface area contributed by atoms with Crippen LogP contribution in [0, 0.1) is 30.6 Å². The highest BCUT2D eigenvalue weighted by Gasteiger charge is 2.34. The maximum atomic E-state index is 11.5. The number of carbonyl (C=O) groups is 1. The molecule has 6 nitrogen and oxygen atoms in total. The van der Waals surface area contributed by atoms with Gasteiger partial charge in [0.15, 0.2) is 0 Å². The van der Waals surface area contributed by atoms with Gasteiger partial charge in [-0.25, -0.2) is 0 Å². The van der Waals surface area contributed by atoms with Crippen LogP contribution in [0.5, 0.6) is 0 Å². The number of carbonyl (C=O) groups excluding carboxylic acids is 1. The number of amides is 1. The molecule has 150 valence electrons. The summed E-state index contributed by atoms with van der Waals surface area (Å²) in [4.78, 5) is 16.0. The average Bonchev–Trinajstić information content (AvgIpc) is 3.02. The minimum absolute atomic E-state index is 0.196. The van der Waals surface area contributed by atoms with Gasteiger partial charge in [-0.05, 0) is 37.0 Å². The van der Waals surface area contributed by atoms with Crippen LogP contribution in [0.2, 0.25) is 0 Å². The summed E-state index contributed by atoms with van der Waals surface area (Å²) in [6.45, 7) is 15.2. The van der Waals surface area contributed by atoms with E-state index in [-0.39, 0.29) is 5.91 Å².